The quantitative estimate of drug-likeness (QED) is 0.312. The van der Waals surface area contributed by atoms with E-state index >= 15 is 0 Å². The molecule has 2 nitrogen and oxygen atoms in total. The van der Waals surface area contributed by atoms with Crippen molar-refractivity contribution in [2.75, 3.05) is 0 Å². The van der Waals surface area contributed by atoms with E-state index in [0.29, 0.717) is 24.3 Å². The largest absolute Gasteiger partial charge is 0.481 e. The molecule has 1 atom stereocenters. The van der Waals surface area contributed by atoms with Gasteiger partial charge < -0.3 is 5.11 Å². The smallest absolute Gasteiger partial charge is 0.417 e. The lowest BCUT2D eigenvalue weighted by atomic mass is 9.84. The van der Waals surface area contributed by atoms with Crippen molar-refractivity contribution in [1.82, 2.24) is 0 Å². The minimum absolute atomic E-state index is 0.0246. The van der Waals surface area contributed by atoms with Crippen LogP contribution in [0.1, 0.15) is 48.4 Å². The van der Waals surface area contributed by atoms with Crippen molar-refractivity contribution < 1.29 is 49.4 Å². The molecule has 3 rings (SSSR count). The van der Waals surface area contributed by atoms with Crippen molar-refractivity contribution in [3.63, 3.8) is 0 Å². The summed E-state index contributed by atoms with van der Waals surface area (Å²) in [5, 5.41) is 9.73. The fourth-order valence-corrected chi connectivity index (χ4v) is 4.13. The molecule has 0 fully saturated rings. The summed E-state index contributed by atoms with van der Waals surface area (Å²) in [4.78, 5) is 11.9. The van der Waals surface area contributed by atoms with Gasteiger partial charge in [0.1, 0.15) is 0 Å². The van der Waals surface area contributed by atoms with Crippen LogP contribution in [0.4, 0.5) is 39.5 Å². The van der Waals surface area contributed by atoms with E-state index in [1.807, 2.05) is 0 Å². The van der Waals surface area contributed by atoms with Gasteiger partial charge in [0.05, 0.1) is 22.6 Å². The van der Waals surface area contributed by atoms with Crippen molar-refractivity contribution in [3.8, 4) is 22.3 Å². The summed E-state index contributed by atoms with van der Waals surface area (Å²) in [6.07, 6.45) is -14.8. The van der Waals surface area contributed by atoms with Gasteiger partial charge in [-0.2, -0.15) is 39.5 Å². The van der Waals surface area contributed by atoms with Crippen LogP contribution in [0.2, 0.25) is 0 Å². The minimum Gasteiger partial charge on any atom is -0.481 e. The molecule has 0 amide bonds. The molecule has 38 heavy (non-hydrogen) atoms. The predicted octanol–water partition coefficient (Wildman–Crippen LogP) is 9.29. The summed E-state index contributed by atoms with van der Waals surface area (Å²) in [6.45, 7) is 3.53. The molecule has 0 heterocycles. The molecule has 3 aromatic rings. The van der Waals surface area contributed by atoms with Gasteiger partial charge in [-0.05, 0) is 70.5 Å². The SMILES string of the molecule is CC(C)CC(C(=O)O)c1ccc(-c2ccc(C(F)(F)F)cc2C(F)(F)F)c(-c2ccc(C(F)(F)F)cc2)c1. The topological polar surface area (TPSA) is 37.3 Å². The molecule has 1 unspecified atom stereocenters. The Morgan fingerprint density at radius 3 is 1.68 bits per heavy atom. The number of rotatable bonds is 6. The molecule has 0 saturated carbocycles. The molecule has 0 aliphatic heterocycles. The first kappa shape index (κ1) is 29.1. The van der Waals surface area contributed by atoms with Crippen molar-refractivity contribution in [1.29, 1.82) is 0 Å². The van der Waals surface area contributed by atoms with E-state index in [1.165, 1.54) is 12.1 Å². The average molecular weight is 548 g/mol. The monoisotopic (exact) mass is 548 g/mol. The van der Waals surface area contributed by atoms with Crippen molar-refractivity contribution in [2.24, 2.45) is 5.92 Å². The Morgan fingerprint density at radius 1 is 0.684 bits per heavy atom. The number of benzene rings is 3. The number of alkyl halides is 9. The molecule has 204 valence electrons. The number of carboxylic acids is 1. The van der Waals surface area contributed by atoms with Crippen LogP contribution in [0.3, 0.4) is 0 Å². The Balaban J connectivity index is 2.32. The summed E-state index contributed by atoms with van der Waals surface area (Å²) in [7, 11) is 0. The van der Waals surface area contributed by atoms with Crippen LogP contribution in [0, 0.1) is 5.92 Å². The normalized spacial score (nSPS) is 13.6. The number of hydrogen-bond donors (Lipinski definition) is 1. The van der Waals surface area contributed by atoms with Crippen LogP contribution in [0.15, 0.2) is 60.7 Å². The molecular formula is C27H21F9O2. The summed E-state index contributed by atoms with van der Waals surface area (Å²) in [5.41, 5.74) is -4.84. The fourth-order valence-electron chi connectivity index (χ4n) is 4.13. The van der Waals surface area contributed by atoms with Crippen LogP contribution in [-0.2, 0) is 23.3 Å². The highest BCUT2D eigenvalue weighted by molar-refractivity contribution is 5.87. The first-order chi connectivity index (χ1) is 17.4. The third kappa shape index (κ3) is 6.49. The van der Waals surface area contributed by atoms with Gasteiger partial charge in [-0.25, -0.2) is 0 Å². The maximum absolute atomic E-state index is 13.9. The highest BCUT2D eigenvalue weighted by Gasteiger charge is 2.39. The van der Waals surface area contributed by atoms with E-state index in [1.54, 1.807) is 13.8 Å². The number of halogens is 9. The van der Waals surface area contributed by atoms with E-state index in [2.05, 4.69) is 0 Å². The van der Waals surface area contributed by atoms with Gasteiger partial charge in [0, 0.05) is 0 Å². The molecule has 0 aliphatic rings. The molecule has 3 aromatic carbocycles. The van der Waals surface area contributed by atoms with E-state index in [4.69, 9.17) is 0 Å². The maximum Gasteiger partial charge on any atom is 0.417 e. The van der Waals surface area contributed by atoms with Crippen LogP contribution in [0.5, 0.6) is 0 Å². The third-order valence-corrected chi connectivity index (χ3v) is 5.92. The van der Waals surface area contributed by atoms with Gasteiger partial charge in [-0.15, -0.1) is 0 Å². The summed E-state index contributed by atoms with van der Waals surface area (Å²) in [6, 6.07) is 8.23. The van der Waals surface area contributed by atoms with Crippen LogP contribution in [-0.4, -0.2) is 11.1 Å². The standard InChI is InChI=1S/C27H21F9O2/c1-14(2)11-22(24(37)38)16-5-9-19(21(12-16)15-3-6-17(7-4-15)25(28,29)30)20-10-8-18(26(31,32)33)13-23(20)27(34,35)36/h3-10,12-14,22H,11H2,1-2H3,(H,37,38). The van der Waals surface area contributed by atoms with Crippen molar-refractivity contribution in [3.05, 3.63) is 82.9 Å². The zero-order valence-electron chi connectivity index (χ0n) is 19.9. The maximum atomic E-state index is 13.9. The van der Waals surface area contributed by atoms with Crippen LogP contribution in [0.25, 0.3) is 22.3 Å². The zero-order chi connectivity index (χ0) is 28.6. The number of aliphatic carboxylic acids is 1. The second kappa shape index (κ2) is 10.3. The summed E-state index contributed by atoms with van der Waals surface area (Å²) in [5.74, 6) is -2.38. The predicted molar refractivity (Wildman–Crippen MR) is 122 cm³/mol. The zero-order valence-corrected chi connectivity index (χ0v) is 19.9. The Hall–Kier alpha value is -3.50. The molecule has 0 spiro atoms. The Bertz CT molecular complexity index is 1300. The Kier molecular flexibility index (Phi) is 7.91. The lowest BCUT2D eigenvalue weighted by molar-refractivity contribution is -0.143. The third-order valence-electron chi connectivity index (χ3n) is 5.92. The second-order valence-electron chi connectivity index (χ2n) is 9.16. The van der Waals surface area contributed by atoms with Crippen LogP contribution >= 0.6 is 0 Å². The lowest BCUT2D eigenvalue weighted by Gasteiger charge is -2.21. The fraction of sp³-hybridized carbons (Fsp3) is 0.296. The van der Waals surface area contributed by atoms with Gasteiger partial charge >= 0.3 is 24.5 Å². The second-order valence-corrected chi connectivity index (χ2v) is 9.16. The number of carbonyl (C=O) groups is 1. The molecule has 0 bridgehead atoms. The van der Waals surface area contributed by atoms with E-state index in [-0.39, 0.29) is 40.7 Å². The molecule has 11 heteroatoms. The first-order valence-electron chi connectivity index (χ1n) is 11.2. The van der Waals surface area contributed by atoms with Crippen molar-refractivity contribution in [2.45, 2.75) is 44.7 Å². The van der Waals surface area contributed by atoms with Crippen LogP contribution < -0.4 is 0 Å². The Labute approximate surface area is 211 Å². The minimum atomic E-state index is -5.20. The summed E-state index contributed by atoms with van der Waals surface area (Å²) >= 11 is 0. The van der Waals surface area contributed by atoms with Crippen molar-refractivity contribution >= 4 is 5.97 Å². The Morgan fingerprint density at radius 2 is 1.21 bits per heavy atom. The molecule has 0 aliphatic carbocycles. The van der Waals surface area contributed by atoms with E-state index in [9.17, 15) is 49.4 Å². The molecule has 0 radical (unpaired) electrons. The van der Waals surface area contributed by atoms with Gasteiger partial charge in [-0.3, -0.25) is 4.79 Å². The lowest BCUT2D eigenvalue weighted by Crippen LogP contribution is -2.15. The molecule has 1 N–H and O–H groups in total. The molecule has 0 aromatic heterocycles. The highest BCUT2D eigenvalue weighted by atomic mass is 19.4. The average Bonchev–Trinajstić information content (AvgIpc) is 2.80. The van der Waals surface area contributed by atoms with E-state index < -0.39 is 52.7 Å². The molecular weight excluding hydrogens is 527 g/mol. The van der Waals surface area contributed by atoms with E-state index in [0.717, 1.165) is 18.2 Å². The van der Waals surface area contributed by atoms with Gasteiger partial charge in [-0.1, -0.05) is 44.2 Å². The number of carboxylic acid groups (broad SMARTS) is 1. The highest BCUT2D eigenvalue weighted by Crippen LogP contribution is 2.44. The summed E-state index contributed by atoms with van der Waals surface area (Å²) < 4.78 is 120. The van der Waals surface area contributed by atoms with Gasteiger partial charge in [0.15, 0.2) is 0 Å². The number of hydrogen-bond acceptors (Lipinski definition) is 1. The molecule has 0 saturated heterocycles. The van der Waals surface area contributed by atoms with Gasteiger partial charge in [0.2, 0.25) is 0 Å². The van der Waals surface area contributed by atoms with Gasteiger partial charge in [0.25, 0.3) is 0 Å². The first-order valence-corrected chi connectivity index (χ1v) is 11.2.